The van der Waals surface area contributed by atoms with Crippen molar-refractivity contribution in [2.75, 3.05) is 30.8 Å². The van der Waals surface area contributed by atoms with Gasteiger partial charge in [0.15, 0.2) is 0 Å². The second-order valence-electron chi connectivity index (χ2n) is 5.84. The largest absolute Gasteiger partial charge is 0.490 e. The van der Waals surface area contributed by atoms with Gasteiger partial charge in [-0.2, -0.15) is 0 Å². The maximum Gasteiger partial charge on any atom is 0.330 e. The number of likely N-dealkylation sites (N-methyl/N-ethyl adjacent to an activating group) is 1. The summed E-state index contributed by atoms with van der Waals surface area (Å²) in [5.41, 5.74) is 5.30. The lowest BCUT2D eigenvalue weighted by molar-refractivity contribution is 0.326. The van der Waals surface area contributed by atoms with Crippen LogP contribution in [0.3, 0.4) is 0 Å². The molecule has 3 N–H and O–H groups in total. The predicted molar refractivity (Wildman–Crippen MR) is 106 cm³/mol. The Bertz CT molecular complexity index is 879. The highest BCUT2D eigenvalue weighted by atomic mass is 35.5. The van der Waals surface area contributed by atoms with Gasteiger partial charge < -0.3 is 15.4 Å². The second kappa shape index (κ2) is 9.00. The van der Waals surface area contributed by atoms with Crippen LogP contribution in [0.15, 0.2) is 27.8 Å². The molecule has 7 nitrogen and oxygen atoms in total. The number of rotatable bonds is 8. The lowest BCUT2D eigenvalue weighted by atomic mass is 10.3. The number of benzene rings is 1. The minimum Gasteiger partial charge on any atom is -0.490 e. The number of aromatic nitrogens is 2. The number of hydrogen-bond donors (Lipinski definition) is 2. The third-order valence-corrected chi connectivity index (χ3v) is 4.44. The number of anilines is 2. The maximum absolute atomic E-state index is 12.2. The lowest BCUT2D eigenvalue weighted by Gasteiger charge is -2.22. The van der Waals surface area contributed by atoms with E-state index in [0.717, 1.165) is 12.8 Å². The van der Waals surface area contributed by atoms with Crippen LogP contribution in [0.1, 0.15) is 19.8 Å². The zero-order valence-corrected chi connectivity index (χ0v) is 16.2. The van der Waals surface area contributed by atoms with Gasteiger partial charge in [-0.3, -0.25) is 14.3 Å². The zero-order valence-electron chi connectivity index (χ0n) is 14.7. The molecular formula is C17H22Cl2N4O3. The summed E-state index contributed by atoms with van der Waals surface area (Å²) in [6.45, 7) is 3.11. The molecule has 0 fully saturated rings. The number of H-pyrrole nitrogens is 1. The Labute approximate surface area is 161 Å². The molecule has 0 saturated carbocycles. The molecule has 0 unspecified atom stereocenters. The van der Waals surface area contributed by atoms with Crippen molar-refractivity contribution in [3.8, 4) is 5.75 Å². The van der Waals surface area contributed by atoms with Crippen molar-refractivity contribution in [3.63, 3.8) is 0 Å². The summed E-state index contributed by atoms with van der Waals surface area (Å²) >= 11 is 11.9. The number of nitrogens with two attached hydrogens (primary N) is 1. The molecule has 1 aromatic carbocycles. The van der Waals surface area contributed by atoms with Crippen molar-refractivity contribution in [2.45, 2.75) is 26.3 Å². The van der Waals surface area contributed by atoms with E-state index in [0.29, 0.717) is 28.9 Å². The van der Waals surface area contributed by atoms with Crippen LogP contribution < -0.4 is 26.6 Å². The Kier molecular flexibility index (Phi) is 6.99. The average molecular weight is 401 g/mol. The number of nitrogens with one attached hydrogen (secondary N) is 1. The summed E-state index contributed by atoms with van der Waals surface area (Å²) in [5, 5.41) is 0.929. The number of aromatic amines is 1. The van der Waals surface area contributed by atoms with E-state index < -0.39 is 11.2 Å². The monoisotopic (exact) mass is 400 g/mol. The highest BCUT2D eigenvalue weighted by Gasteiger charge is 2.16. The first-order valence-corrected chi connectivity index (χ1v) is 9.02. The minimum absolute atomic E-state index is 0.152. The molecule has 142 valence electrons. The van der Waals surface area contributed by atoms with Gasteiger partial charge in [-0.1, -0.05) is 36.5 Å². The molecule has 0 atom stereocenters. The van der Waals surface area contributed by atoms with Crippen molar-refractivity contribution in [2.24, 2.45) is 0 Å². The molecule has 0 bridgehead atoms. The fourth-order valence-corrected chi connectivity index (χ4v) is 2.94. The van der Waals surface area contributed by atoms with Crippen LogP contribution in [0.4, 0.5) is 11.5 Å². The molecule has 0 aliphatic rings. The van der Waals surface area contributed by atoms with Gasteiger partial charge in [0, 0.05) is 18.6 Å². The van der Waals surface area contributed by atoms with Gasteiger partial charge in [0.05, 0.1) is 11.6 Å². The van der Waals surface area contributed by atoms with Gasteiger partial charge >= 0.3 is 5.69 Å². The summed E-state index contributed by atoms with van der Waals surface area (Å²) in [6.07, 6.45) is 1.70. The van der Waals surface area contributed by atoms with Crippen LogP contribution in [0.2, 0.25) is 10.0 Å². The molecule has 1 aromatic heterocycles. The number of nitrogens with zero attached hydrogens (tertiary/aromatic N) is 2. The van der Waals surface area contributed by atoms with Crippen LogP contribution in [-0.4, -0.2) is 29.8 Å². The maximum atomic E-state index is 12.2. The Morgan fingerprint density at radius 3 is 2.69 bits per heavy atom. The van der Waals surface area contributed by atoms with E-state index in [2.05, 4.69) is 4.98 Å². The summed E-state index contributed by atoms with van der Waals surface area (Å²) in [7, 11) is 1.71. The molecule has 0 aliphatic carbocycles. The zero-order chi connectivity index (χ0) is 19.3. The fraction of sp³-hybridized carbons (Fsp3) is 0.412. The van der Waals surface area contributed by atoms with Crippen LogP contribution in [-0.2, 0) is 6.54 Å². The topological polar surface area (TPSA) is 93.3 Å². The van der Waals surface area contributed by atoms with Gasteiger partial charge in [-0.05, 0) is 24.6 Å². The average Bonchev–Trinajstić information content (AvgIpc) is 2.56. The third-order valence-electron chi connectivity index (χ3n) is 3.91. The van der Waals surface area contributed by atoms with Gasteiger partial charge in [-0.15, -0.1) is 0 Å². The number of ether oxygens (including phenoxy) is 1. The first-order chi connectivity index (χ1) is 12.3. The Hall–Kier alpha value is -2.12. The van der Waals surface area contributed by atoms with Gasteiger partial charge in [-0.25, -0.2) is 4.79 Å². The smallest absolute Gasteiger partial charge is 0.330 e. The first-order valence-electron chi connectivity index (χ1n) is 8.26. The molecular weight excluding hydrogens is 379 g/mol. The molecule has 0 spiro atoms. The second-order valence-corrected chi connectivity index (χ2v) is 6.69. The summed E-state index contributed by atoms with van der Waals surface area (Å²) in [5.74, 6) is 0.651. The normalized spacial score (nSPS) is 10.8. The van der Waals surface area contributed by atoms with E-state index >= 15 is 0 Å². The summed E-state index contributed by atoms with van der Waals surface area (Å²) in [4.78, 5) is 28.1. The van der Waals surface area contributed by atoms with E-state index in [4.69, 9.17) is 33.7 Å². The molecule has 0 amide bonds. The molecule has 1 heterocycles. The molecule has 2 rings (SSSR count). The summed E-state index contributed by atoms with van der Waals surface area (Å²) in [6, 6.07) is 4.95. The van der Waals surface area contributed by atoms with E-state index in [1.54, 1.807) is 30.1 Å². The predicted octanol–water partition coefficient (Wildman–Crippen LogP) is 2.74. The van der Waals surface area contributed by atoms with Gasteiger partial charge in [0.1, 0.15) is 23.9 Å². The van der Waals surface area contributed by atoms with E-state index in [-0.39, 0.29) is 18.1 Å². The van der Waals surface area contributed by atoms with E-state index in [9.17, 15) is 9.59 Å². The number of nitrogen functional groups attached to an aromatic ring is 1. The van der Waals surface area contributed by atoms with Crippen LogP contribution in [0.5, 0.6) is 5.75 Å². The van der Waals surface area contributed by atoms with Crippen molar-refractivity contribution in [3.05, 3.63) is 49.1 Å². The third kappa shape index (κ3) is 4.74. The van der Waals surface area contributed by atoms with Crippen molar-refractivity contribution in [1.82, 2.24) is 9.55 Å². The highest BCUT2D eigenvalue weighted by molar-refractivity contribution is 6.35. The van der Waals surface area contributed by atoms with Crippen molar-refractivity contribution < 1.29 is 4.74 Å². The van der Waals surface area contributed by atoms with Crippen LogP contribution in [0, 0.1) is 0 Å². The Morgan fingerprint density at radius 1 is 1.31 bits per heavy atom. The Balaban J connectivity index is 2.12. The van der Waals surface area contributed by atoms with Gasteiger partial charge in [0.2, 0.25) is 0 Å². The molecule has 0 radical (unpaired) electrons. The van der Waals surface area contributed by atoms with Crippen LogP contribution in [0.25, 0.3) is 0 Å². The molecule has 9 heteroatoms. The molecule has 26 heavy (non-hydrogen) atoms. The standard InChI is InChI=1S/C17H22Cl2N4O3/c1-3-4-7-23-15(20)14(16(24)21-17(23)25)22(2)8-9-26-13-6-5-11(18)10-12(13)19/h5-6,10H,3-4,7-9,20H2,1-2H3,(H,21,24,25). The SMILES string of the molecule is CCCCn1c(N)c(N(C)CCOc2ccc(Cl)cc2Cl)c(=O)[nH]c1=O. The van der Waals surface area contributed by atoms with E-state index in [1.165, 1.54) is 4.57 Å². The molecule has 2 aromatic rings. The fourth-order valence-electron chi connectivity index (χ4n) is 2.48. The Morgan fingerprint density at radius 2 is 2.04 bits per heavy atom. The van der Waals surface area contributed by atoms with Crippen LogP contribution >= 0.6 is 23.2 Å². The lowest BCUT2D eigenvalue weighted by Crippen LogP contribution is -2.38. The van der Waals surface area contributed by atoms with E-state index in [1.807, 2.05) is 6.92 Å². The first kappa shape index (κ1) is 20.2. The number of hydrogen-bond acceptors (Lipinski definition) is 5. The molecule has 0 saturated heterocycles. The van der Waals surface area contributed by atoms with Gasteiger partial charge in [0.25, 0.3) is 5.56 Å². The number of halogens is 2. The summed E-state index contributed by atoms with van der Waals surface area (Å²) < 4.78 is 7.01. The van der Waals surface area contributed by atoms with Crippen molar-refractivity contribution in [1.29, 1.82) is 0 Å². The molecule has 0 aliphatic heterocycles. The highest BCUT2D eigenvalue weighted by Crippen LogP contribution is 2.27. The minimum atomic E-state index is -0.521. The quantitative estimate of drug-likeness (QED) is 0.710. The number of unbranched alkanes of at least 4 members (excludes halogenated alkanes) is 1. The van der Waals surface area contributed by atoms with Crippen molar-refractivity contribution >= 4 is 34.7 Å².